The van der Waals surface area contributed by atoms with E-state index in [4.69, 9.17) is 18.9 Å². The number of hydrogen-bond acceptors (Lipinski definition) is 11. The molecule has 1 saturated heterocycles. The highest BCUT2D eigenvalue weighted by atomic mass is 16.7. The molecule has 272 valence electrons. The monoisotopic (exact) mass is 709 g/mol. The first-order chi connectivity index (χ1) is 24.9. The summed E-state index contributed by atoms with van der Waals surface area (Å²) in [6.07, 6.45) is 0.966. The first-order valence-electron chi connectivity index (χ1n) is 17.5. The Hall–Kier alpha value is -5.32. The molecule has 0 saturated carbocycles. The van der Waals surface area contributed by atoms with Gasteiger partial charge in [0.25, 0.3) is 0 Å². The third kappa shape index (κ3) is 5.76. The number of carbonyl (C=O) groups is 3. The molecule has 4 aliphatic rings. The van der Waals surface area contributed by atoms with Crippen molar-refractivity contribution < 1.29 is 38.4 Å². The van der Waals surface area contributed by atoms with Gasteiger partial charge in [-0.05, 0) is 57.4 Å². The van der Waals surface area contributed by atoms with Crippen LogP contribution in [-0.4, -0.2) is 84.4 Å². The Balaban J connectivity index is 1.31. The van der Waals surface area contributed by atoms with Gasteiger partial charge in [-0.2, -0.15) is 5.26 Å². The number of aryl methyl sites for hydroxylation is 1. The number of piperazine rings is 1. The number of phenols is 1. The normalized spacial score (nSPS) is 23.3. The van der Waals surface area contributed by atoms with Crippen LogP contribution in [0.4, 0.5) is 0 Å². The SMILES string of the molecule is COc1c(C)cc2c(c1O)C1C3Cc4c(OC(C)=O)c(C)c5c(c4[C@H](CNC(=O)[C@H](C)NC(=O)Cc4ccccc4)N3[C@@H](C#N)C(C2)N1C)OCO5. The highest BCUT2D eigenvalue weighted by molar-refractivity contribution is 5.88. The average molecular weight is 710 g/mol. The zero-order valence-electron chi connectivity index (χ0n) is 30.1. The van der Waals surface area contributed by atoms with Crippen LogP contribution in [0.2, 0.25) is 0 Å². The van der Waals surface area contributed by atoms with Crippen molar-refractivity contribution in [1.82, 2.24) is 20.4 Å². The Kier molecular flexibility index (Phi) is 9.23. The molecular weight excluding hydrogens is 666 g/mol. The molecule has 13 nitrogen and oxygen atoms in total. The van der Waals surface area contributed by atoms with Crippen LogP contribution in [0.15, 0.2) is 36.4 Å². The number of nitrogens with one attached hydrogen (secondary N) is 2. The standard InChI is InChI=1S/C39H43N5O8/c1-19-12-24-14-26-28(16-40)44-27(33(43(26)5)31(24)34(47)35(19)49-6)15-25-32(38-37(50-18-51-38)20(2)36(25)52-22(4)45)29(44)17-41-39(48)21(3)42-30(46)13-23-10-8-7-9-11-23/h7-12,21,26-29,33,47H,13-15,17-18H2,1-6H3,(H,41,48)(H,42,46)/t21-,26?,27?,28-,29-,33?/m0/s1. The lowest BCUT2D eigenvalue weighted by Crippen LogP contribution is -2.69. The molecule has 6 atom stereocenters. The maximum Gasteiger partial charge on any atom is 0.308 e. The summed E-state index contributed by atoms with van der Waals surface area (Å²) in [5, 5.41) is 28.5. The van der Waals surface area contributed by atoms with Crippen molar-refractivity contribution in [2.75, 3.05) is 27.5 Å². The van der Waals surface area contributed by atoms with Crippen molar-refractivity contribution in [2.45, 2.75) is 83.2 Å². The summed E-state index contributed by atoms with van der Waals surface area (Å²) in [4.78, 5) is 43.3. The van der Waals surface area contributed by atoms with Gasteiger partial charge in [0.2, 0.25) is 18.6 Å². The number of aromatic hydroxyl groups is 1. The highest BCUT2D eigenvalue weighted by Crippen LogP contribution is 2.58. The summed E-state index contributed by atoms with van der Waals surface area (Å²) in [5.74, 6) is 0.518. The van der Waals surface area contributed by atoms with Crippen LogP contribution in [0.5, 0.6) is 28.7 Å². The van der Waals surface area contributed by atoms with Crippen LogP contribution in [0.3, 0.4) is 0 Å². The van der Waals surface area contributed by atoms with Gasteiger partial charge in [0.05, 0.1) is 31.7 Å². The van der Waals surface area contributed by atoms with E-state index >= 15 is 0 Å². The van der Waals surface area contributed by atoms with Gasteiger partial charge in [0.15, 0.2) is 23.0 Å². The average Bonchev–Trinajstić information content (AvgIpc) is 3.60. The lowest BCUT2D eigenvalue weighted by molar-refractivity contribution is -0.132. The molecule has 2 amide bonds. The Morgan fingerprint density at radius 2 is 1.81 bits per heavy atom. The third-order valence-electron chi connectivity index (χ3n) is 11.0. The predicted molar refractivity (Wildman–Crippen MR) is 188 cm³/mol. The molecule has 3 aromatic carbocycles. The van der Waals surface area contributed by atoms with Crippen molar-refractivity contribution in [3.63, 3.8) is 0 Å². The first kappa shape index (κ1) is 35.1. The van der Waals surface area contributed by atoms with Crippen LogP contribution in [0.1, 0.15) is 64.9 Å². The maximum absolute atomic E-state index is 13.7. The zero-order valence-corrected chi connectivity index (χ0v) is 30.1. The molecule has 3 unspecified atom stereocenters. The number of phenolic OH excluding ortho intramolecular Hbond substituents is 1. The van der Waals surface area contributed by atoms with Crippen LogP contribution < -0.4 is 29.6 Å². The first-order valence-corrected chi connectivity index (χ1v) is 17.5. The quantitative estimate of drug-likeness (QED) is 0.232. The molecule has 52 heavy (non-hydrogen) atoms. The van der Waals surface area contributed by atoms with Gasteiger partial charge in [0.1, 0.15) is 17.8 Å². The van der Waals surface area contributed by atoms with Gasteiger partial charge < -0.3 is 34.7 Å². The van der Waals surface area contributed by atoms with E-state index in [2.05, 4.69) is 26.5 Å². The Bertz CT molecular complexity index is 1990. The number of ether oxygens (including phenoxy) is 4. The van der Waals surface area contributed by atoms with Crippen molar-refractivity contribution in [1.29, 1.82) is 5.26 Å². The number of benzene rings is 3. The minimum Gasteiger partial charge on any atom is -0.504 e. The van der Waals surface area contributed by atoms with E-state index in [0.717, 1.165) is 22.3 Å². The van der Waals surface area contributed by atoms with Gasteiger partial charge in [-0.3, -0.25) is 24.2 Å². The number of nitrogens with zero attached hydrogens (tertiary/aromatic N) is 3. The minimum atomic E-state index is -0.854. The van der Waals surface area contributed by atoms with E-state index in [1.807, 2.05) is 57.3 Å². The van der Waals surface area contributed by atoms with Crippen LogP contribution >= 0.6 is 0 Å². The van der Waals surface area contributed by atoms with E-state index in [0.29, 0.717) is 52.5 Å². The number of esters is 1. The van der Waals surface area contributed by atoms with Gasteiger partial charge in [-0.25, -0.2) is 0 Å². The van der Waals surface area contributed by atoms with Crippen molar-refractivity contribution in [2.24, 2.45) is 0 Å². The number of likely N-dealkylation sites (N-methyl/N-ethyl adjacent to an activating group) is 1. The van der Waals surface area contributed by atoms with Gasteiger partial charge in [-0.1, -0.05) is 36.4 Å². The number of hydrogen-bond donors (Lipinski definition) is 3. The maximum atomic E-state index is 13.7. The fourth-order valence-corrected chi connectivity index (χ4v) is 8.80. The smallest absolute Gasteiger partial charge is 0.308 e. The summed E-state index contributed by atoms with van der Waals surface area (Å²) in [5.41, 5.74) is 5.27. The third-order valence-corrected chi connectivity index (χ3v) is 11.0. The molecule has 2 bridgehead atoms. The second-order valence-electron chi connectivity index (χ2n) is 14.0. The zero-order chi connectivity index (χ0) is 37.0. The molecular formula is C39H43N5O8. The number of rotatable bonds is 8. The molecule has 4 aliphatic heterocycles. The fourth-order valence-electron chi connectivity index (χ4n) is 8.80. The summed E-state index contributed by atoms with van der Waals surface area (Å²) in [6, 6.07) is 10.7. The molecule has 7 rings (SSSR count). The highest BCUT2D eigenvalue weighted by Gasteiger charge is 2.57. The second kappa shape index (κ2) is 13.7. The predicted octanol–water partition coefficient (Wildman–Crippen LogP) is 3.31. The molecule has 0 aromatic heterocycles. The van der Waals surface area contributed by atoms with Gasteiger partial charge in [-0.15, -0.1) is 0 Å². The second-order valence-corrected chi connectivity index (χ2v) is 14.0. The number of nitriles is 1. The Labute approximate surface area is 302 Å². The fraction of sp³-hybridized carbons (Fsp3) is 0.436. The van der Waals surface area contributed by atoms with E-state index in [-0.39, 0.29) is 37.5 Å². The molecule has 1 fully saturated rings. The number of amides is 2. The van der Waals surface area contributed by atoms with Gasteiger partial charge in [0, 0.05) is 47.8 Å². The number of carbonyl (C=O) groups excluding carboxylic acids is 3. The van der Waals surface area contributed by atoms with Crippen LogP contribution in [-0.2, 0) is 33.6 Å². The molecule has 0 aliphatic carbocycles. The topological polar surface area (TPSA) is 163 Å². The van der Waals surface area contributed by atoms with Crippen molar-refractivity contribution in [3.8, 4) is 34.8 Å². The molecule has 3 aromatic rings. The summed E-state index contributed by atoms with van der Waals surface area (Å²) >= 11 is 0. The van der Waals surface area contributed by atoms with Crippen molar-refractivity contribution in [3.05, 3.63) is 75.3 Å². The van der Waals surface area contributed by atoms with Gasteiger partial charge >= 0.3 is 5.97 Å². The summed E-state index contributed by atoms with van der Waals surface area (Å²) in [6.45, 7) is 6.65. The largest absolute Gasteiger partial charge is 0.504 e. The van der Waals surface area contributed by atoms with Crippen LogP contribution in [0, 0.1) is 25.2 Å². The molecule has 3 N–H and O–H groups in total. The molecule has 13 heteroatoms. The van der Waals surface area contributed by atoms with Crippen LogP contribution in [0.25, 0.3) is 0 Å². The Morgan fingerprint density at radius 1 is 1.08 bits per heavy atom. The van der Waals surface area contributed by atoms with E-state index in [1.165, 1.54) is 14.0 Å². The van der Waals surface area contributed by atoms with E-state index in [9.17, 15) is 24.8 Å². The van der Waals surface area contributed by atoms with E-state index < -0.39 is 42.1 Å². The number of methoxy groups -OCH3 is 1. The minimum absolute atomic E-state index is 0.0387. The lowest BCUT2D eigenvalue weighted by Gasteiger charge is -2.60. The van der Waals surface area contributed by atoms with E-state index in [1.54, 1.807) is 6.92 Å². The summed E-state index contributed by atoms with van der Waals surface area (Å²) in [7, 11) is 3.50. The lowest BCUT2D eigenvalue weighted by atomic mass is 9.71. The molecule has 4 heterocycles. The number of fused-ring (bicyclic) bond motifs is 9. The summed E-state index contributed by atoms with van der Waals surface area (Å²) < 4.78 is 23.6. The molecule has 0 radical (unpaired) electrons. The molecule has 0 spiro atoms. The van der Waals surface area contributed by atoms with Crippen molar-refractivity contribution >= 4 is 17.8 Å². The Morgan fingerprint density at radius 3 is 2.50 bits per heavy atom.